The van der Waals surface area contributed by atoms with Crippen molar-refractivity contribution in [1.29, 1.82) is 0 Å². The number of carbonyl (C=O) groups is 1. The van der Waals surface area contributed by atoms with E-state index in [1.165, 1.54) is 0 Å². The van der Waals surface area contributed by atoms with Crippen LogP contribution in [0, 0.1) is 5.92 Å². The van der Waals surface area contributed by atoms with Crippen molar-refractivity contribution in [1.82, 2.24) is 5.32 Å². The molecule has 0 bridgehead atoms. The lowest BCUT2D eigenvalue weighted by Crippen LogP contribution is -2.27. The number of allylic oxidation sites excluding steroid dienone is 2. The van der Waals surface area contributed by atoms with Crippen molar-refractivity contribution in [3.05, 3.63) is 12.2 Å². The van der Waals surface area contributed by atoms with Gasteiger partial charge in [-0.2, -0.15) is 0 Å². The maximum absolute atomic E-state index is 11.3. The molecule has 0 saturated heterocycles. The Morgan fingerprint density at radius 3 is 2.57 bits per heavy atom. The SMILES string of the molecule is CC=CC(CC(=NC)NCC)C(C)=O. The van der Waals surface area contributed by atoms with E-state index in [2.05, 4.69) is 10.3 Å². The molecule has 1 N–H and O–H groups in total. The third-order valence-corrected chi connectivity index (χ3v) is 2.01. The molecule has 0 aromatic carbocycles. The Hall–Kier alpha value is -1.12. The Kier molecular flexibility index (Phi) is 6.72. The Morgan fingerprint density at radius 1 is 1.57 bits per heavy atom. The Balaban J connectivity index is 4.34. The molecular weight excluding hydrogens is 176 g/mol. The molecule has 0 saturated carbocycles. The molecule has 0 aliphatic heterocycles. The number of rotatable bonds is 5. The van der Waals surface area contributed by atoms with E-state index in [1.807, 2.05) is 26.0 Å². The number of hydrogen-bond acceptors (Lipinski definition) is 2. The van der Waals surface area contributed by atoms with Crippen molar-refractivity contribution in [2.75, 3.05) is 13.6 Å². The maximum Gasteiger partial charge on any atom is 0.137 e. The first-order chi connectivity index (χ1) is 6.65. The van der Waals surface area contributed by atoms with E-state index >= 15 is 0 Å². The van der Waals surface area contributed by atoms with Crippen molar-refractivity contribution in [3.63, 3.8) is 0 Å². The van der Waals surface area contributed by atoms with E-state index in [0.29, 0.717) is 6.42 Å². The number of nitrogens with zero attached hydrogens (tertiary/aromatic N) is 1. The minimum Gasteiger partial charge on any atom is -0.374 e. The molecule has 14 heavy (non-hydrogen) atoms. The number of amidine groups is 1. The molecule has 1 unspecified atom stereocenters. The molecular formula is C11H20N2O. The summed E-state index contributed by atoms with van der Waals surface area (Å²) < 4.78 is 0. The average molecular weight is 196 g/mol. The fourth-order valence-corrected chi connectivity index (χ4v) is 1.23. The second-order valence-corrected chi connectivity index (χ2v) is 3.15. The van der Waals surface area contributed by atoms with Gasteiger partial charge in [-0.15, -0.1) is 0 Å². The van der Waals surface area contributed by atoms with E-state index in [-0.39, 0.29) is 11.7 Å². The molecule has 0 fully saturated rings. The van der Waals surface area contributed by atoms with Gasteiger partial charge in [-0.3, -0.25) is 9.79 Å². The van der Waals surface area contributed by atoms with Gasteiger partial charge in [0.15, 0.2) is 0 Å². The Labute approximate surface area is 86.3 Å². The molecule has 3 nitrogen and oxygen atoms in total. The summed E-state index contributed by atoms with van der Waals surface area (Å²) in [4.78, 5) is 15.4. The summed E-state index contributed by atoms with van der Waals surface area (Å²) in [6.07, 6.45) is 4.50. The van der Waals surface area contributed by atoms with Gasteiger partial charge >= 0.3 is 0 Å². The lowest BCUT2D eigenvalue weighted by molar-refractivity contribution is -0.119. The molecule has 0 amide bonds. The molecule has 1 atom stereocenters. The topological polar surface area (TPSA) is 41.5 Å². The molecule has 0 aliphatic rings. The van der Waals surface area contributed by atoms with Crippen LogP contribution >= 0.6 is 0 Å². The van der Waals surface area contributed by atoms with E-state index in [1.54, 1.807) is 14.0 Å². The maximum atomic E-state index is 11.3. The first-order valence-corrected chi connectivity index (χ1v) is 4.98. The first kappa shape index (κ1) is 12.9. The smallest absolute Gasteiger partial charge is 0.137 e. The number of carbonyl (C=O) groups excluding carboxylic acids is 1. The fourth-order valence-electron chi connectivity index (χ4n) is 1.23. The highest BCUT2D eigenvalue weighted by Crippen LogP contribution is 2.07. The Bertz CT molecular complexity index is 231. The zero-order chi connectivity index (χ0) is 11.0. The Morgan fingerprint density at radius 2 is 2.21 bits per heavy atom. The summed E-state index contributed by atoms with van der Waals surface area (Å²) in [7, 11) is 1.74. The van der Waals surface area contributed by atoms with Crippen molar-refractivity contribution < 1.29 is 4.79 Å². The monoisotopic (exact) mass is 196 g/mol. The highest BCUT2D eigenvalue weighted by Gasteiger charge is 2.12. The summed E-state index contributed by atoms with van der Waals surface area (Å²) >= 11 is 0. The molecule has 0 aromatic heterocycles. The summed E-state index contributed by atoms with van der Waals surface area (Å²) in [6, 6.07) is 0. The third-order valence-electron chi connectivity index (χ3n) is 2.01. The zero-order valence-corrected chi connectivity index (χ0v) is 9.50. The van der Waals surface area contributed by atoms with Crippen LogP contribution in [-0.2, 0) is 4.79 Å². The van der Waals surface area contributed by atoms with E-state index in [4.69, 9.17) is 0 Å². The van der Waals surface area contributed by atoms with Crippen LogP contribution in [0.1, 0.15) is 27.2 Å². The summed E-state index contributed by atoms with van der Waals surface area (Å²) in [5, 5.41) is 3.14. The van der Waals surface area contributed by atoms with Gasteiger partial charge in [-0.1, -0.05) is 12.2 Å². The molecule has 3 heteroatoms. The van der Waals surface area contributed by atoms with Gasteiger partial charge in [-0.05, 0) is 20.8 Å². The molecule has 0 radical (unpaired) electrons. The van der Waals surface area contributed by atoms with Crippen LogP contribution in [0.4, 0.5) is 0 Å². The predicted molar refractivity (Wildman–Crippen MR) is 60.6 cm³/mol. The van der Waals surface area contributed by atoms with Gasteiger partial charge in [-0.25, -0.2) is 0 Å². The van der Waals surface area contributed by atoms with E-state index < -0.39 is 0 Å². The van der Waals surface area contributed by atoms with Gasteiger partial charge in [0.2, 0.25) is 0 Å². The summed E-state index contributed by atoms with van der Waals surface area (Å²) in [5.74, 6) is 1.03. The van der Waals surface area contributed by atoms with Crippen LogP contribution < -0.4 is 5.32 Å². The molecule has 0 heterocycles. The normalized spacial score (nSPS) is 14.4. The van der Waals surface area contributed by atoms with E-state index in [0.717, 1.165) is 12.4 Å². The average Bonchev–Trinajstić information content (AvgIpc) is 2.15. The highest BCUT2D eigenvalue weighted by atomic mass is 16.1. The number of hydrogen-bond donors (Lipinski definition) is 1. The van der Waals surface area contributed by atoms with Crippen LogP contribution in [0.15, 0.2) is 17.1 Å². The van der Waals surface area contributed by atoms with E-state index in [9.17, 15) is 4.79 Å². The fraction of sp³-hybridized carbons (Fsp3) is 0.636. The molecule has 0 aromatic rings. The van der Waals surface area contributed by atoms with Crippen molar-refractivity contribution in [2.24, 2.45) is 10.9 Å². The predicted octanol–water partition coefficient (Wildman–Crippen LogP) is 1.80. The minimum atomic E-state index is -0.0438. The number of Topliss-reactive ketones (excluding diaryl/α,β-unsaturated/α-hetero) is 1. The van der Waals surface area contributed by atoms with Gasteiger partial charge in [0.25, 0.3) is 0 Å². The quantitative estimate of drug-likeness (QED) is 0.414. The van der Waals surface area contributed by atoms with Gasteiger partial charge in [0.1, 0.15) is 5.78 Å². The van der Waals surface area contributed by atoms with Gasteiger partial charge in [0.05, 0.1) is 5.84 Å². The second-order valence-electron chi connectivity index (χ2n) is 3.15. The van der Waals surface area contributed by atoms with Crippen molar-refractivity contribution in [2.45, 2.75) is 27.2 Å². The highest BCUT2D eigenvalue weighted by molar-refractivity contribution is 5.89. The van der Waals surface area contributed by atoms with Gasteiger partial charge < -0.3 is 5.32 Å². The van der Waals surface area contributed by atoms with Crippen LogP contribution in [0.2, 0.25) is 0 Å². The lowest BCUT2D eigenvalue weighted by Gasteiger charge is -2.11. The second kappa shape index (κ2) is 7.30. The minimum absolute atomic E-state index is 0.0438. The van der Waals surface area contributed by atoms with Crippen LogP contribution in [-0.4, -0.2) is 25.2 Å². The summed E-state index contributed by atoms with van der Waals surface area (Å²) in [5.41, 5.74) is 0. The third kappa shape index (κ3) is 4.80. The molecule has 80 valence electrons. The van der Waals surface area contributed by atoms with Crippen LogP contribution in [0.5, 0.6) is 0 Å². The lowest BCUT2D eigenvalue weighted by atomic mass is 10.00. The molecule has 0 rings (SSSR count). The van der Waals surface area contributed by atoms with Crippen molar-refractivity contribution in [3.8, 4) is 0 Å². The first-order valence-electron chi connectivity index (χ1n) is 4.98. The zero-order valence-electron chi connectivity index (χ0n) is 9.50. The standard InChI is InChI=1S/C11H20N2O/c1-5-7-10(9(3)14)8-11(12-4)13-6-2/h5,7,10H,6,8H2,1-4H3,(H,12,13). The van der Waals surface area contributed by atoms with Crippen molar-refractivity contribution >= 4 is 11.6 Å². The number of ketones is 1. The summed E-state index contributed by atoms with van der Waals surface area (Å²) in [6.45, 7) is 6.40. The van der Waals surface area contributed by atoms with Crippen LogP contribution in [0.25, 0.3) is 0 Å². The molecule has 0 spiro atoms. The molecule has 0 aliphatic carbocycles. The number of aliphatic imine (C=N–C) groups is 1. The van der Waals surface area contributed by atoms with Gasteiger partial charge in [0, 0.05) is 25.9 Å². The van der Waals surface area contributed by atoms with Crippen LogP contribution in [0.3, 0.4) is 0 Å². The number of nitrogens with one attached hydrogen (secondary N) is 1. The largest absolute Gasteiger partial charge is 0.374 e.